The van der Waals surface area contributed by atoms with Crippen LogP contribution in [0.15, 0.2) is 34.2 Å². The molecule has 0 spiro atoms. The van der Waals surface area contributed by atoms with Crippen molar-refractivity contribution in [2.45, 2.75) is 63.0 Å². The topological polar surface area (TPSA) is 67.2 Å². The number of carbonyl (C=O) groups is 1. The molecule has 1 aliphatic rings. The number of nitrogens with zero attached hydrogens (tertiary/aromatic N) is 3. The van der Waals surface area contributed by atoms with Crippen molar-refractivity contribution in [2.24, 2.45) is 0 Å². The number of thioether (sulfide) groups is 1. The molecular formula is C21H30N4O2S. The maximum atomic E-state index is 13.1. The van der Waals surface area contributed by atoms with Crippen molar-refractivity contribution in [2.75, 3.05) is 19.6 Å². The highest BCUT2D eigenvalue weighted by molar-refractivity contribution is 8.00. The molecular weight excluding hydrogens is 372 g/mol. The summed E-state index contributed by atoms with van der Waals surface area (Å²) in [6.45, 7) is 9.72. The highest BCUT2D eigenvalue weighted by Gasteiger charge is 2.27. The second-order valence-electron chi connectivity index (χ2n) is 7.29. The molecule has 1 aromatic heterocycles. The van der Waals surface area contributed by atoms with E-state index in [9.17, 15) is 9.59 Å². The van der Waals surface area contributed by atoms with Gasteiger partial charge < -0.3 is 10.2 Å². The minimum absolute atomic E-state index is 0.0181. The third-order valence-electron chi connectivity index (χ3n) is 5.15. The van der Waals surface area contributed by atoms with E-state index in [1.165, 1.54) is 11.8 Å². The maximum absolute atomic E-state index is 13.1. The molecule has 0 saturated heterocycles. The highest BCUT2D eigenvalue weighted by Crippen LogP contribution is 2.25. The van der Waals surface area contributed by atoms with Crippen LogP contribution in [-0.4, -0.2) is 51.3 Å². The van der Waals surface area contributed by atoms with Crippen molar-refractivity contribution < 1.29 is 4.79 Å². The number of hydrogen-bond acceptors (Lipinski definition) is 5. The number of fused-ring (bicyclic) bond motifs is 1. The molecule has 28 heavy (non-hydrogen) atoms. The minimum Gasteiger partial charge on any atom is -0.352 e. The molecule has 2 aromatic rings. The Morgan fingerprint density at radius 1 is 1.32 bits per heavy atom. The lowest BCUT2D eigenvalue weighted by Crippen LogP contribution is -2.33. The number of amides is 1. The highest BCUT2D eigenvalue weighted by atomic mass is 32.2. The number of benzene rings is 1. The zero-order valence-corrected chi connectivity index (χ0v) is 17.8. The third-order valence-corrected chi connectivity index (χ3v) is 6.24. The molecule has 1 N–H and O–H groups in total. The first-order valence-corrected chi connectivity index (χ1v) is 11.1. The largest absolute Gasteiger partial charge is 0.352 e. The Hall–Kier alpha value is -1.86. The van der Waals surface area contributed by atoms with Crippen LogP contribution >= 0.6 is 11.8 Å². The molecule has 6 nitrogen and oxygen atoms in total. The summed E-state index contributed by atoms with van der Waals surface area (Å²) < 4.78 is 1.75. The molecule has 1 saturated carbocycles. The number of rotatable bonds is 10. The lowest BCUT2D eigenvalue weighted by atomic mass is 10.2. The van der Waals surface area contributed by atoms with E-state index in [4.69, 9.17) is 4.98 Å². The predicted molar refractivity (Wildman–Crippen MR) is 115 cm³/mol. The van der Waals surface area contributed by atoms with Gasteiger partial charge in [-0.15, -0.1) is 0 Å². The smallest absolute Gasteiger partial charge is 0.262 e. The SMILES string of the molecule is CCN(CC)CCCn1c(S[C@H](C)C(=O)NC2CC2)nc2ccccc2c1=O. The fraction of sp³-hybridized carbons (Fsp3) is 0.571. The van der Waals surface area contributed by atoms with Crippen molar-refractivity contribution in [1.29, 1.82) is 0 Å². The van der Waals surface area contributed by atoms with Crippen LogP contribution in [0.3, 0.4) is 0 Å². The molecule has 1 amide bonds. The summed E-state index contributed by atoms with van der Waals surface area (Å²) in [4.78, 5) is 32.6. The molecule has 152 valence electrons. The Labute approximate surface area is 170 Å². The molecule has 0 unspecified atom stereocenters. The third kappa shape index (κ3) is 5.14. The van der Waals surface area contributed by atoms with Gasteiger partial charge in [0.2, 0.25) is 5.91 Å². The minimum atomic E-state index is -0.289. The Balaban J connectivity index is 1.83. The maximum Gasteiger partial charge on any atom is 0.262 e. The standard InChI is InChI=1S/C21H30N4O2S/c1-4-24(5-2)13-8-14-25-20(27)17-9-6-7-10-18(17)23-21(25)28-15(3)19(26)22-16-11-12-16/h6-7,9-10,15-16H,4-5,8,11-14H2,1-3H3,(H,22,26)/t15-/m1/s1. The fourth-order valence-corrected chi connectivity index (χ4v) is 4.13. The van der Waals surface area contributed by atoms with Gasteiger partial charge in [-0.2, -0.15) is 0 Å². The van der Waals surface area contributed by atoms with Crippen LogP contribution in [0, 0.1) is 0 Å². The van der Waals surface area contributed by atoms with Crippen molar-refractivity contribution in [3.63, 3.8) is 0 Å². The molecule has 1 atom stereocenters. The molecule has 1 aliphatic carbocycles. The summed E-state index contributed by atoms with van der Waals surface area (Å²) in [5, 5.41) is 4.00. The van der Waals surface area contributed by atoms with E-state index in [0.717, 1.165) is 38.9 Å². The van der Waals surface area contributed by atoms with E-state index in [1.807, 2.05) is 31.2 Å². The predicted octanol–water partition coefficient (Wildman–Crippen LogP) is 2.89. The van der Waals surface area contributed by atoms with Crippen molar-refractivity contribution in [1.82, 2.24) is 19.8 Å². The lowest BCUT2D eigenvalue weighted by molar-refractivity contribution is -0.120. The van der Waals surface area contributed by atoms with Gasteiger partial charge in [0.1, 0.15) is 0 Å². The monoisotopic (exact) mass is 402 g/mol. The average molecular weight is 403 g/mol. The van der Waals surface area contributed by atoms with Crippen molar-refractivity contribution in [3.8, 4) is 0 Å². The molecule has 3 rings (SSSR count). The normalized spacial score (nSPS) is 15.1. The molecule has 1 fully saturated rings. The van der Waals surface area contributed by atoms with Gasteiger partial charge in [-0.05, 0) is 58.0 Å². The molecule has 7 heteroatoms. The quantitative estimate of drug-likeness (QED) is 0.489. The van der Waals surface area contributed by atoms with Crippen LogP contribution < -0.4 is 10.9 Å². The first-order valence-electron chi connectivity index (χ1n) is 10.2. The van der Waals surface area contributed by atoms with Crippen LogP contribution in [0.4, 0.5) is 0 Å². The Kier molecular flexibility index (Phi) is 7.13. The number of hydrogen-bond donors (Lipinski definition) is 1. The van der Waals surface area contributed by atoms with E-state index in [1.54, 1.807) is 4.57 Å². The average Bonchev–Trinajstić information content (AvgIpc) is 3.51. The van der Waals surface area contributed by atoms with E-state index in [-0.39, 0.29) is 16.7 Å². The number of carbonyl (C=O) groups excluding carboxylic acids is 1. The van der Waals surface area contributed by atoms with E-state index in [2.05, 4.69) is 24.1 Å². The van der Waals surface area contributed by atoms with Gasteiger partial charge in [0.25, 0.3) is 5.56 Å². The molecule has 0 radical (unpaired) electrons. The summed E-state index contributed by atoms with van der Waals surface area (Å²) in [6.07, 6.45) is 3.00. The number of nitrogens with one attached hydrogen (secondary N) is 1. The van der Waals surface area contributed by atoms with E-state index < -0.39 is 0 Å². The summed E-state index contributed by atoms with van der Waals surface area (Å²) in [5.74, 6) is 0.0181. The van der Waals surface area contributed by atoms with Crippen LogP contribution in [0.2, 0.25) is 0 Å². The fourth-order valence-electron chi connectivity index (χ4n) is 3.18. The van der Waals surface area contributed by atoms with Gasteiger partial charge in [0.15, 0.2) is 5.16 Å². The lowest BCUT2D eigenvalue weighted by Gasteiger charge is -2.19. The summed E-state index contributed by atoms with van der Waals surface area (Å²) in [5.41, 5.74) is 0.659. The summed E-state index contributed by atoms with van der Waals surface area (Å²) in [6, 6.07) is 7.76. The second kappa shape index (κ2) is 9.56. The zero-order valence-electron chi connectivity index (χ0n) is 17.0. The molecule has 1 aromatic carbocycles. The second-order valence-corrected chi connectivity index (χ2v) is 8.60. The van der Waals surface area contributed by atoms with Crippen LogP contribution in [-0.2, 0) is 11.3 Å². The van der Waals surface area contributed by atoms with Gasteiger partial charge in [0, 0.05) is 12.6 Å². The molecule has 0 aliphatic heterocycles. The summed E-state index contributed by atoms with van der Waals surface area (Å²) >= 11 is 1.37. The van der Waals surface area contributed by atoms with Gasteiger partial charge in [-0.3, -0.25) is 14.2 Å². The van der Waals surface area contributed by atoms with Crippen molar-refractivity contribution >= 4 is 28.6 Å². The van der Waals surface area contributed by atoms with Crippen molar-refractivity contribution in [3.05, 3.63) is 34.6 Å². The molecule has 1 heterocycles. The van der Waals surface area contributed by atoms with Crippen LogP contribution in [0.1, 0.15) is 40.0 Å². The first kappa shape index (κ1) is 20.9. The van der Waals surface area contributed by atoms with E-state index >= 15 is 0 Å². The number of para-hydroxylation sites is 1. The van der Waals surface area contributed by atoms with Gasteiger partial charge in [-0.1, -0.05) is 37.7 Å². The summed E-state index contributed by atoms with van der Waals surface area (Å²) in [7, 11) is 0. The van der Waals surface area contributed by atoms with Gasteiger partial charge in [-0.25, -0.2) is 4.98 Å². The zero-order chi connectivity index (χ0) is 20.1. The number of aromatic nitrogens is 2. The Morgan fingerprint density at radius 3 is 2.71 bits per heavy atom. The van der Waals surface area contributed by atoms with Crippen LogP contribution in [0.25, 0.3) is 10.9 Å². The van der Waals surface area contributed by atoms with Gasteiger partial charge >= 0.3 is 0 Å². The Bertz CT molecular complexity index is 874. The van der Waals surface area contributed by atoms with E-state index in [0.29, 0.717) is 28.6 Å². The first-order chi connectivity index (χ1) is 13.5. The van der Waals surface area contributed by atoms with Crippen LogP contribution in [0.5, 0.6) is 0 Å². The Morgan fingerprint density at radius 2 is 2.04 bits per heavy atom. The molecule has 0 bridgehead atoms. The van der Waals surface area contributed by atoms with Gasteiger partial charge in [0.05, 0.1) is 16.2 Å².